The van der Waals surface area contributed by atoms with E-state index in [1.165, 1.54) is 31.4 Å². The molecule has 2 heteroatoms. The zero-order valence-corrected chi connectivity index (χ0v) is 11.6. The predicted octanol–water partition coefficient (Wildman–Crippen LogP) is 3.76. The molecule has 1 heterocycles. The molecule has 1 aliphatic heterocycles. The molecule has 0 radical (unpaired) electrons. The Morgan fingerprint density at radius 1 is 1.28 bits per heavy atom. The van der Waals surface area contributed by atoms with Crippen LogP contribution in [0.1, 0.15) is 51.2 Å². The van der Waals surface area contributed by atoms with Crippen molar-refractivity contribution in [3.05, 3.63) is 29.8 Å². The zero-order chi connectivity index (χ0) is 13.0. The van der Waals surface area contributed by atoms with Crippen molar-refractivity contribution in [3.63, 3.8) is 0 Å². The maximum Gasteiger partial charge on any atom is 0.0781 e. The predicted molar refractivity (Wildman–Crippen MR) is 76.9 cm³/mol. The fourth-order valence-corrected chi connectivity index (χ4v) is 3.00. The molecule has 1 aromatic rings. The Morgan fingerprint density at radius 3 is 2.56 bits per heavy atom. The van der Waals surface area contributed by atoms with Crippen molar-refractivity contribution < 1.29 is 5.11 Å². The molecule has 0 aliphatic carbocycles. The van der Waals surface area contributed by atoms with E-state index in [2.05, 4.69) is 24.0 Å². The Bertz CT molecular complexity index is 367. The van der Waals surface area contributed by atoms with Gasteiger partial charge in [0.05, 0.1) is 6.10 Å². The van der Waals surface area contributed by atoms with Crippen molar-refractivity contribution in [2.45, 2.75) is 45.6 Å². The lowest BCUT2D eigenvalue weighted by Crippen LogP contribution is -2.34. The molecule has 0 aromatic heterocycles. The smallest absolute Gasteiger partial charge is 0.0781 e. The monoisotopic (exact) mass is 247 g/mol. The van der Waals surface area contributed by atoms with Gasteiger partial charge in [-0.2, -0.15) is 0 Å². The number of hydrogen-bond donors (Lipinski definition) is 1. The van der Waals surface area contributed by atoms with Crippen LogP contribution in [0, 0.1) is 5.92 Å². The summed E-state index contributed by atoms with van der Waals surface area (Å²) in [6.07, 6.45) is 4.87. The van der Waals surface area contributed by atoms with Crippen LogP contribution in [-0.2, 0) is 0 Å². The number of hydrogen-bond acceptors (Lipinski definition) is 2. The van der Waals surface area contributed by atoms with E-state index in [4.69, 9.17) is 0 Å². The van der Waals surface area contributed by atoms with Crippen LogP contribution in [0.4, 0.5) is 5.69 Å². The van der Waals surface area contributed by atoms with E-state index in [-0.39, 0.29) is 6.10 Å². The molecule has 2 rings (SSSR count). The minimum Gasteiger partial charge on any atom is -0.389 e. The first kappa shape index (κ1) is 13.4. The Morgan fingerprint density at radius 2 is 1.94 bits per heavy atom. The molecule has 0 unspecified atom stereocenters. The summed E-state index contributed by atoms with van der Waals surface area (Å²) in [7, 11) is 0. The number of piperidine rings is 1. The molecule has 1 fully saturated rings. The van der Waals surface area contributed by atoms with E-state index in [0.717, 1.165) is 24.6 Å². The number of benzene rings is 1. The fourth-order valence-electron chi connectivity index (χ4n) is 3.00. The number of aliphatic hydroxyl groups excluding tert-OH is 1. The summed E-state index contributed by atoms with van der Waals surface area (Å²) in [5, 5.41) is 9.84. The van der Waals surface area contributed by atoms with Crippen LogP contribution < -0.4 is 4.90 Å². The second kappa shape index (κ2) is 6.24. The van der Waals surface area contributed by atoms with Gasteiger partial charge in [-0.05, 0) is 31.7 Å². The summed E-state index contributed by atoms with van der Waals surface area (Å²) >= 11 is 0. The first-order valence-electron chi connectivity index (χ1n) is 7.24. The second-order valence-electron chi connectivity index (χ2n) is 5.45. The van der Waals surface area contributed by atoms with E-state index < -0.39 is 0 Å². The van der Waals surface area contributed by atoms with Gasteiger partial charge in [-0.3, -0.25) is 0 Å². The highest BCUT2D eigenvalue weighted by Crippen LogP contribution is 2.30. The Labute approximate surface area is 111 Å². The van der Waals surface area contributed by atoms with Crippen LogP contribution in [0.3, 0.4) is 0 Å². The molecule has 0 amide bonds. The van der Waals surface area contributed by atoms with Crippen LogP contribution in [0.25, 0.3) is 0 Å². The van der Waals surface area contributed by atoms with Gasteiger partial charge in [-0.15, -0.1) is 0 Å². The fraction of sp³-hybridized carbons (Fsp3) is 0.625. The largest absolute Gasteiger partial charge is 0.389 e. The normalized spacial score (nSPS) is 18.9. The summed E-state index contributed by atoms with van der Waals surface area (Å²) in [4.78, 5) is 2.44. The lowest BCUT2D eigenvalue weighted by atomic mass is 9.92. The molecule has 18 heavy (non-hydrogen) atoms. The van der Waals surface area contributed by atoms with Crippen molar-refractivity contribution in [2.75, 3.05) is 18.0 Å². The average molecular weight is 247 g/mol. The van der Waals surface area contributed by atoms with Crippen molar-refractivity contribution in [2.24, 2.45) is 5.92 Å². The molecule has 1 N–H and O–H groups in total. The topological polar surface area (TPSA) is 23.5 Å². The molecular formula is C16H25NO. The molecule has 1 aromatic carbocycles. The second-order valence-corrected chi connectivity index (χ2v) is 5.45. The standard InChI is InChI=1S/C16H25NO/c1-3-6-14-9-11-17(12-10-14)16-8-5-4-7-15(16)13(2)18/h4-5,7-8,13-14,18H,3,6,9-12H2,1-2H3/t13-/m1/s1. The molecule has 0 spiro atoms. The Balaban J connectivity index is 2.05. The van der Waals surface area contributed by atoms with Crippen LogP contribution in [0.15, 0.2) is 24.3 Å². The highest BCUT2D eigenvalue weighted by atomic mass is 16.3. The summed E-state index contributed by atoms with van der Waals surface area (Å²) in [5.74, 6) is 0.907. The van der Waals surface area contributed by atoms with Gasteiger partial charge < -0.3 is 10.0 Å². The van der Waals surface area contributed by atoms with Crippen LogP contribution in [0.2, 0.25) is 0 Å². The summed E-state index contributed by atoms with van der Waals surface area (Å²) in [5.41, 5.74) is 2.29. The van der Waals surface area contributed by atoms with Gasteiger partial charge in [0.15, 0.2) is 0 Å². The van der Waals surface area contributed by atoms with Gasteiger partial charge in [0.1, 0.15) is 0 Å². The lowest BCUT2D eigenvalue weighted by molar-refractivity contribution is 0.199. The highest BCUT2D eigenvalue weighted by molar-refractivity contribution is 5.54. The van der Waals surface area contributed by atoms with Gasteiger partial charge in [-0.25, -0.2) is 0 Å². The highest BCUT2D eigenvalue weighted by Gasteiger charge is 2.21. The molecule has 100 valence electrons. The van der Waals surface area contributed by atoms with Gasteiger partial charge in [0.25, 0.3) is 0 Å². The first-order valence-corrected chi connectivity index (χ1v) is 7.24. The van der Waals surface area contributed by atoms with Crippen LogP contribution in [0.5, 0.6) is 0 Å². The third kappa shape index (κ3) is 3.05. The summed E-state index contributed by atoms with van der Waals surface area (Å²) in [6, 6.07) is 8.26. The Kier molecular flexibility index (Phi) is 4.65. The quantitative estimate of drug-likeness (QED) is 0.875. The molecule has 1 atom stereocenters. The van der Waals surface area contributed by atoms with E-state index in [1.807, 2.05) is 19.1 Å². The van der Waals surface area contributed by atoms with Gasteiger partial charge >= 0.3 is 0 Å². The average Bonchev–Trinajstić information content (AvgIpc) is 2.40. The maximum atomic E-state index is 9.84. The molecule has 1 aliphatic rings. The van der Waals surface area contributed by atoms with Crippen molar-refractivity contribution in [1.82, 2.24) is 0 Å². The van der Waals surface area contributed by atoms with Gasteiger partial charge in [0, 0.05) is 24.3 Å². The molecular weight excluding hydrogens is 222 g/mol. The van der Waals surface area contributed by atoms with E-state index in [9.17, 15) is 5.11 Å². The van der Waals surface area contributed by atoms with Crippen molar-refractivity contribution in [1.29, 1.82) is 0 Å². The van der Waals surface area contributed by atoms with E-state index in [0.29, 0.717) is 0 Å². The zero-order valence-electron chi connectivity index (χ0n) is 11.6. The third-order valence-corrected chi connectivity index (χ3v) is 4.04. The molecule has 0 bridgehead atoms. The maximum absolute atomic E-state index is 9.84. The van der Waals surface area contributed by atoms with Crippen LogP contribution in [-0.4, -0.2) is 18.2 Å². The molecule has 2 nitrogen and oxygen atoms in total. The molecule has 0 saturated carbocycles. The SMILES string of the molecule is CCCC1CCN(c2ccccc2[C@@H](C)O)CC1. The minimum atomic E-state index is -0.380. The number of anilines is 1. The minimum absolute atomic E-state index is 0.380. The summed E-state index contributed by atoms with van der Waals surface area (Å²) < 4.78 is 0. The Hall–Kier alpha value is -1.02. The number of rotatable bonds is 4. The van der Waals surface area contributed by atoms with Crippen molar-refractivity contribution in [3.8, 4) is 0 Å². The summed E-state index contributed by atoms with van der Waals surface area (Å²) in [6.45, 7) is 6.39. The van der Waals surface area contributed by atoms with E-state index >= 15 is 0 Å². The third-order valence-electron chi connectivity index (χ3n) is 4.04. The van der Waals surface area contributed by atoms with Crippen LogP contribution >= 0.6 is 0 Å². The number of nitrogens with zero attached hydrogens (tertiary/aromatic N) is 1. The molecule has 1 saturated heterocycles. The number of aliphatic hydroxyl groups is 1. The number of para-hydroxylation sites is 1. The lowest BCUT2D eigenvalue weighted by Gasteiger charge is -2.35. The van der Waals surface area contributed by atoms with Gasteiger partial charge in [-0.1, -0.05) is 38.0 Å². The van der Waals surface area contributed by atoms with E-state index in [1.54, 1.807) is 0 Å². The first-order chi connectivity index (χ1) is 8.72. The van der Waals surface area contributed by atoms with Crippen molar-refractivity contribution >= 4 is 5.69 Å². The van der Waals surface area contributed by atoms with Gasteiger partial charge in [0.2, 0.25) is 0 Å².